The Morgan fingerprint density at radius 1 is 0.811 bits per heavy atom. The van der Waals surface area contributed by atoms with E-state index in [1.807, 2.05) is 102 Å². The van der Waals surface area contributed by atoms with Crippen LogP contribution in [0.5, 0.6) is 0 Å². The monoisotopic (exact) mass is 516 g/mol. The van der Waals surface area contributed by atoms with Crippen LogP contribution in [0.4, 0.5) is 21.0 Å². The molecule has 0 unspecified atom stereocenters. The maximum Gasteiger partial charge on any atom is 0.329 e. The number of hydrogen-bond acceptors (Lipinski definition) is 2. The van der Waals surface area contributed by atoms with Gasteiger partial charge >= 0.3 is 12.1 Å². The van der Waals surface area contributed by atoms with Crippen molar-refractivity contribution in [3.8, 4) is 0 Å². The molecule has 2 fully saturated rings. The van der Waals surface area contributed by atoms with E-state index in [2.05, 4.69) is 4.90 Å². The molecule has 2 aliphatic rings. The van der Waals surface area contributed by atoms with Crippen LogP contribution >= 0.6 is 11.6 Å². The number of anilines is 2. The van der Waals surface area contributed by atoms with Gasteiger partial charge in [0.15, 0.2) is 0 Å². The summed E-state index contributed by atoms with van der Waals surface area (Å²) in [6.07, 6.45) is 2.88. The van der Waals surface area contributed by atoms with Crippen LogP contribution in [0.3, 0.4) is 0 Å². The molecule has 0 aliphatic carbocycles. The van der Waals surface area contributed by atoms with E-state index in [4.69, 9.17) is 11.6 Å². The Balaban J connectivity index is 1.35. The summed E-state index contributed by atoms with van der Waals surface area (Å²) in [7, 11) is 0. The highest BCUT2D eigenvalue weighted by Gasteiger charge is 2.43. The zero-order valence-corrected chi connectivity index (χ0v) is 21.9. The van der Waals surface area contributed by atoms with Crippen molar-refractivity contribution in [1.82, 2.24) is 14.7 Å². The van der Waals surface area contributed by atoms with Gasteiger partial charge < -0.3 is 14.7 Å². The summed E-state index contributed by atoms with van der Waals surface area (Å²) < 4.78 is 0. The van der Waals surface area contributed by atoms with Crippen molar-refractivity contribution >= 4 is 35.0 Å². The minimum atomic E-state index is -0.0464. The average Bonchev–Trinajstić information content (AvgIpc) is 2.93. The van der Waals surface area contributed by atoms with Gasteiger partial charge in [-0.3, -0.25) is 4.90 Å². The summed E-state index contributed by atoms with van der Waals surface area (Å²) in [5.41, 5.74) is 2.73. The van der Waals surface area contributed by atoms with Crippen molar-refractivity contribution in [2.75, 3.05) is 24.5 Å². The normalized spacial score (nSPS) is 18.9. The number of halogens is 1. The molecule has 192 valence electrons. The van der Waals surface area contributed by atoms with E-state index < -0.39 is 0 Å². The summed E-state index contributed by atoms with van der Waals surface area (Å²) in [5.74, 6) is 0. The summed E-state index contributed by atoms with van der Waals surface area (Å²) in [5, 5.41) is 0.688. The lowest BCUT2D eigenvalue weighted by molar-refractivity contribution is 0.0214. The summed E-state index contributed by atoms with van der Waals surface area (Å²) >= 11 is 6.05. The summed E-state index contributed by atoms with van der Waals surface area (Å²) in [6, 6.07) is 27.2. The Labute approximate surface area is 224 Å². The van der Waals surface area contributed by atoms with E-state index in [1.165, 1.54) is 0 Å². The Hall–Kier alpha value is -3.51. The highest BCUT2D eigenvalue weighted by Crippen LogP contribution is 2.33. The molecular weight excluding hydrogens is 484 g/mol. The van der Waals surface area contributed by atoms with Crippen LogP contribution in [0.25, 0.3) is 0 Å². The van der Waals surface area contributed by atoms with Gasteiger partial charge in [0, 0.05) is 31.2 Å². The SMILES string of the molecule is CCN(Cc1ccc(Cl)cc1)C(=O)N1[C@@H]2CCC[C@H]1CN(C(=O)N(c1ccccc1)c1ccccc1)C2. The topological polar surface area (TPSA) is 47.1 Å². The second kappa shape index (κ2) is 11.3. The van der Waals surface area contributed by atoms with Crippen molar-refractivity contribution in [2.24, 2.45) is 0 Å². The van der Waals surface area contributed by atoms with Gasteiger partial charge in [-0.15, -0.1) is 0 Å². The third-order valence-corrected chi connectivity index (χ3v) is 7.63. The number of piperidine rings is 1. The first-order valence-electron chi connectivity index (χ1n) is 13.1. The fraction of sp³-hybridized carbons (Fsp3) is 0.333. The smallest absolute Gasteiger partial charge is 0.321 e. The first kappa shape index (κ1) is 25.2. The molecule has 2 atom stereocenters. The molecule has 3 aromatic rings. The molecule has 4 amide bonds. The molecule has 3 aromatic carbocycles. The van der Waals surface area contributed by atoms with Gasteiger partial charge in [0.2, 0.25) is 0 Å². The molecule has 0 aromatic heterocycles. The average molecular weight is 517 g/mol. The van der Waals surface area contributed by atoms with E-state index in [0.717, 1.165) is 36.2 Å². The highest BCUT2D eigenvalue weighted by molar-refractivity contribution is 6.30. The predicted molar refractivity (Wildman–Crippen MR) is 148 cm³/mol. The fourth-order valence-corrected chi connectivity index (χ4v) is 5.66. The van der Waals surface area contributed by atoms with Crippen LogP contribution in [0.1, 0.15) is 31.7 Å². The second-order valence-electron chi connectivity index (χ2n) is 9.76. The van der Waals surface area contributed by atoms with E-state index in [1.54, 1.807) is 4.90 Å². The minimum Gasteiger partial charge on any atom is -0.321 e. The Morgan fingerprint density at radius 3 is 1.86 bits per heavy atom. The van der Waals surface area contributed by atoms with Crippen molar-refractivity contribution in [3.63, 3.8) is 0 Å². The Bertz CT molecular complexity index is 1150. The first-order valence-corrected chi connectivity index (χ1v) is 13.4. The van der Waals surface area contributed by atoms with Gasteiger partial charge in [-0.25, -0.2) is 9.59 Å². The number of nitrogens with zero attached hydrogens (tertiary/aromatic N) is 4. The Morgan fingerprint density at radius 2 is 1.35 bits per heavy atom. The van der Waals surface area contributed by atoms with Gasteiger partial charge in [-0.05, 0) is 68.1 Å². The lowest BCUT2D eigenvalue weighted by Crippen LogP contribution is -2.66. The second-order valence-corrected chi connectivity index (χ2v) is 10.2. The molecule has 7 heteroatoms. The van der Waals surface area contributed by atoms with Gasteiger partial charge in [0.1, 0.15) is 0 Å². The molecular formula is C30H33ClN4O2. The van der Waals surface area contributed by atoms with Gasteiger partial charge in [-0.2, -0.15) is 0 Å². The van der Waals surface area contributed by atoms with E-state index in [-0.39, 0.29) is 24.1 Å². The van der Waals surface area contributed by atoms with Crippen molar-refractivity contribution in [1.29, 1.82) is 0 Å². The number of hydrogen-bond donors (Lipinski definition) is 0. The van der Waals surface area contributed by atoms with Crippen molar-refractivity contribution in [2.45, 2.75) is 44.8 Å². The number of likely N-dealkylation sites (tertiary alicyclic amines) is 1. The fourth-order valence-electron chi connectivity index (χ4n) is 5.53. The standard InChI is InChI=1S/C30H33ClN4O2/c1-2-32(20-23-16-18-24(31)19-17-23)29(36)35-27-14-9-15-28(35)22-33(21-27)30(37)34(25-10-5-3-6-11-25)26-12-7-4-8-13-26/h3-8,10-13,16-19,27-28H,2,9,14-15,20-22H2,1H3/t27-,28+. The lowest BCUT2D eigenvalue weighted by atomic mass is 9.91. The van der Waals surface area contributed by atoms with Crippen LogP contribution in [0, 0.1) is 0 Å². The maximum absolute atomic E-state index is 14.0. The van der Waals surface area contributed by atoms with Crippen LogP contribution in [0.15, 0.2) is 84.9 Å². The molecule has 2 aliphatic heterocycles. The van der Waals surface area contributed by atoms with Crippen LogP contribution in [-0.4, -0.2) is 58.5 Å². The predicted octanol–water partition coefficient (Wildman–Crippen LogP) is 6.78. The Kier molecular flexibility index (Phi) is 7.65. The number of rotatable bonds is 5. The third-order valence-electron chi connectivity index (χ3n) is 7.37. The largest absolute Gasteiger partial charge is 0.329 e. The number of urea groups is 2. The molecule has 0 saturated carbocycles. The number of fused-ring (bicyclic) bond motifs is 2. The van der Waals surface area contributed by atoms with Crippen LogP contribution in [-0.2, 0) is 6.54 Å². The van der Waals surface area contributed by atoms with Gasteiger partial charge in [-0.1, -0.05) is 60.1 Å². The number of carbonyl (C=O) groups excluding carboxylic acids is 2. The lowest BCUT2D eigenvalue weighted by Gasteiger charge is -2.51. The van der Waals surface area contributed by atoms with E-state index in [9.17, 15) is 9.59 Å². The molecule has 2 bridgehead atoms. The minimum absolute atomic E-state index is 0.0108. The highest BCUT2D eigenvalue weighted by atomic mass is 35.5. The summed E-state index contributed by atoms with van der Waals surface area (Å²) in [6.45, 7) is 4.25. The van der Waals surface area contributed by atoms with Crippen LogP contribution in [0.2, 0.25) is 5.02 Å². The number of piperazine rings is 1. The number of carbonyl (C=O) groups is 2. The van der Waals surface area contributed by atoms with Crippen LogP contribution < -0.4 is 4.90 Å². The summed E-state index contributed by atoms with van der Waals surface area (Å²) in [4.78, 5) is 35.4. The molecule has 2 heterocycles. The third kappa shape index (κ3) is 5.44. The molecule has 5 rings (SSSR count). The zero-order valence-electron chi connectivity index (χ0n) is 21.2. The first-order chi connectivity index (χ1) is 18.0. The van der Waals surface area contributed by atoms with Gasteiger partial charge in [0.05, 0.1) is 23.5 Å². The molecule has 2 saturated heterocycles. The molecule has 0 radical (unpaired) electrons. The number of benzene rings is 3. The van der Waals surface area contributed by atoms with Crippen molar-refractivity contribution < 1.29 is 9.59 Å². The van der Waals surface area contributed by atoms with Crippen molar-refractivity contribution in [3.05, 3.63) is 95.5 Å². The number of amides is 4. The molecule has 0 spiro atoms. The van der Waals surface area contributed by atoms with Gasteiger partial charge in [0.25, 0.3) is 0 Å². The van der Waals surface area contributed by atoms with E-state index >= 15 is 0 Å². The zero-order chi connectivity index (χ0) is 25.8. The number of para-hydroxylation sites is 2. The molecule has 0 N–H and O–H groups in total. The maximum atomic E-state index is 14.0. The molecule has 6 nitrogen and oxygen atoms in total. The quantitative estimate of drug-likeness (QED) is 0.375. The van der Waals surface area contributed by atoms with E-state index in [0.29, 0.717) is 31.2 Å². The molecule has 37 heavy (non-hydrogen) atoms.